The highest BCUT2D eigenvalue weighted by molar-refractivity contribution is 6.30. The monoisotopic (exact) mass is 401 g/mol. The molecule has 2 aromatic carbocycles. The van der Waals surface area contributed by atoms with Crippen molar-refractivity contribution in [1.29, 1.82) is 0 Å². The summed E-state index contributed by atoms with van der Waals surface area (Å²) in [6, 6.07) is 12.7. The van der Waals surface area contributed by atoms with Gasteiger partial charge in [-0.1, -0.05) is 11.6 Å². The third-order valence-electron chi connectivity index (χ3n) is 4.32. The zero-order valence-electron chi connectivity index (χ0n) is 15.8. The SMILES string of the molecule is CCOC(=O)c1c(C)n(-c2ccc(Cl)cc2)c2ccc(OCC(=O)OC)cc12. The first-order chi connectivity index (χ1) is 13.5. The van der Waals surface area contributed by atoms with Gasteiger partial charge in [-0.2, -0.15) is 0 Å². The molecule has 146 valence electrons. The normalized spacial score (nSPS) is 10.7. The summed E-state index contributed by atoms with van der Waals surface area (Å²) in [5, 5.41) is 1.30. The highest BCUT2D eigenvalue weighted by Crippen LogP contribution is 2.33. The van der Waals surface area contributed by atoms with Gasteiger partial charge in [0.1, 0.15) is 5.75 Å². The molecule has 28 heavy (non-hydrogen) atoms. The van der Waals surface area contributed by atoms with Gasteiger partial charge in [-0.15, -0.1) is 0 Å². The summed E-state index contributed by atoms with van der Waals surface area (Å²) in [7, 11) is 1.29. The van der Waals surface area contributed by atoms with Crippen molar-refractivity contribution in [3.8, 4) is 11.4 Å². The maximum atomic E-state index is 12.6. The van der Waals surface area contributed by atoms with Crippen LogP contribution in [0.3, 0.4) is 0 Å². The Bertz CT molecular complexity index is 1020. The van der Waals surface area contributed by atoms with Crippen LogP contribution in [0.15, 0.2) is 42.5 Å². The Labute approximate surface area is 167 Å². The molecule has 0 N–H and O–H groups in total. The third kappa shape index (κ3) is 3.82. The van der Waals surface area contributed by atoms with Crippen LogP contribution < -0.4 is 4.74 Å². The molecule has 0 unspecified atom stereocenters. The fraction of sp³-hybridized carbons (Fsp3) is 0.238. The lowest BCUT2D eigenvalue weighted by atomic mass is 10.1. The van der Waals surface area contributed by atoms with Crippen LogP contribution in [0.1, 0.15) is 23.0 Å². The van der Waals surface area contributed by atoms with E-state index >= 15 is 0 Å². The van der Waals surface area contributed by atoms with Gasteiger partial charge < -0.3 is 18.8 Å². The average molecular weight is 402 g/mol. The molecule has 0 aliphatic carbocycles. The molecule has 0 aliphatic heterocycles. The third-order valence-corrected chi connectivity index (χ3v) is 4.58. The second kappa shape index (κ2) is 8.35. The van der Waals surface area contributed by atoms with Crippen molar-refractivity contribution in [2.75, 3.05) is 20.3 Å². The summed E-state index contributed by atoms with van der Waals surface area (Å²) in [5.74, 6) is -0.444. The summed E-state index contributed by atoms with van der Waals surface area (Å²) in [6.07, 6.45) is 0. The van der Waals surface area contributed by atoms with Gasteiger partial charge in [0.25, 0.3) is 0 Å². The molecule has 3 aromatic rings. The Morgan fingerprint density at radius 1 is 1.11 bits per heavy atom. The zero-order chi connectivity index (χ0) is 20.3. The smallest absolute Gasteiger partial charge is 0.343 e. The number of benzene rings is 2. The van der Waals surface area contributed by atoms with E-state index in [9.17, 15) is 9.59 Å². The van der Waals surface area contributed by atoms with E-state index in [1.807, 2.05) is 29.7 Å². The maximum absolute atomic E-state index is 12.6. The van der Waals surface area contributed by atoms with Crippen molar-refractivity contribution in [3.05, 3.63) is 58.7 Å². The minimum Gasteiger partial charge on any atom is -0.482 e. The Balaban J connectivity index is 2.15. The molecule has 0 aliphatic rings. The van der Waals surface area contributed by atoms with E-state index in [-0.39, 0.29) is 13.2 Å². The molecule has 0 atom stereocenters. The lowest BCUT2D eigenvalue weighted by Crippen LogP contribution is -2.12. The number of rotatable bonds is 6. The first-order valence-electron chi connectivity index (χ1n) is 8.74. The molecule has 0 bridgehead atoms. The van der Waals surface area contributed by atoms with E-state index in [4.69, 9.17) is 21.1 Å². The Morgan fingerprint density at radius 2 is 1.82 bits per heavy atom. The fourth-order valence-electron chi connectivity index (χ4n) is 3.07. The molecule has 1 heterocycles. The highest BCUT2D eigenvalue weighted by Gasteiger charge is 2.22. The molecule has 6 nitrogen and oxygen atoms in total. The number of fused-ring (bicyclic) bond motifs is 1. The Hall–Kier alpha value is -2.99. The number of hydrogen-bond acceptors (Lipinski definition) is 5. The number of aromatic nitrogens is 1. The molecular weight excluding hydrogens is 382 g/mol. The van der Waals surface area contributed by atoms with Crippen LogP contribution in [-0.4, -0.2) is 36.8 Å². The van der Waals surface area contributed by atoms with Crippen LogP contribution in [-0.2, 0) is 14.3 Å². The molecule has 3 rings (SSSR count). The summed E-state index contributed by atoms with van der Waals surface area (Å²) >= 11 is 6.01. The van der Waals surface area contributed by atoms with E-state index in [1.54, 1.807) is 31.2 Å². The first-order valence-corrected chi connectivity index (χ1v) is 9.11. The molecule has 1 aromatic heterocycles. The van der Waals surface area contributed by atoms with Gasteiger partial charge in [-0.3, -0.25) is 0 Å². The minimum atomic E-state index is -0.486. The molecule has 0 saturated heterocycles. The molecular formula is C21H20ClNO5. The maximum Gasteiger partial charge on any atom is 0.343 e. The van der Waals surface area contributed by atoms with Crippen LogP contribution in [0.4, 0.5) is 0 Å². The van der Waals surface area contributed by atoms with Gasteiger partial charge in [-0.25, -0.2) is 9.59 Å². The molecule has 0 spiro atoms. The number of hydrogen-bond donors (Lipinski definition) is 0. The van der Waals surface area contributed by atoms with E-state index in [1.165, 1.54) is 7.11 Å². The summed E-state index contributed by atoms with van der Waals surface area (Å²) in [5.41, 5.74) is 2.87. The number of nitrogens with zero attached hydrogens (tertiary/aromatic N) is 1. The Morgan fingerprint density at radius 3 is 2.46 bits per heavy atom. The average Bonchev–Trinajstić information content (AvgIpc) is 2.98. The Kier molecular flexibility index (Phi) is 5.90. The second-order valence-electron chi connectivity index (χ2n) is 6.04. The quantitative estimate of drug-likeness (QED) is 0.575. The molecule has 0 radical (unpaired) electrons. The number of ether oxygens (including phenoxy) is 3. The molecule has 0 saturated carbocycles. The van der Waals surface area contributed by atoms with Crippen LogP contribution in [0.2, 0.25) is 5.02 Å². The van der Waals surface area contributed by atoms with E-state index in [0.29, 0.717) is 21.7 Å². The van der Waals surface area contributed by atoms with Gasteiger partial charge in [0.15, 0.2) is 6.61 Å². The van der Waals surface area contributed by atoms with Crippen molar-refractivity contribution in [2.24, 2.45) is 0 Å². The number of esters is 2. The molecule has 0 amide bonds. The van der Waals surface area contributed by atoms with Gasteiger partial charge in [-0.05, 0) is 56.3 Å². The van der Waals surface area contributed by atoms with E-state index in [2.05, 4.69) is 4.74 Å². The lowest BCUT2D eigenvalue weighted by Gasteiger charge is -2.09. The number of methoxy groups -OCH3 is 1. The van der Waals surface area contributed by atoms with Gasteiger partial charge in [0, 0.05) is 21.8 Å². The lowest BCUT2D eigenvalue weighted by molar-refractivity contribution is -0.142. The summed E-state index contributed by atoms with van der Waals surface area (Å²) in [6.45, 7) is 3.67. The number of carbonyl (C=O) groups is 2. The van der Waals surface area contributed by atoms with Crippen LogP contribution >= 0.6 is 11.6 Å². The van der Waals surface area contributed by atoms with Crippen molar-refractivity contribution >= 4 is 34.4 Å². The van der Waals surface area contributed by atoms with Crippen molar-refractivity contribution in [3.63, 3.8) is 0 Å². The first kappa shape index (κ1) is 19.8. The number of carbonyl (C=O) groups excluding carboxylic acids is 2. The molecule has 0 fully saturated rings. The summed E-state index contributed by atoms with van der Waals surface area (Å²) < 4.78 is 17.3. The predicted molar refractivity (Wildman–Crippen MR) is 106 cm³/mol. The van der Waals surface area contributed by atoms with Crippen molar-refractivity contribution < 1.29 is 23.8 Å². The largest absolute Gasteiger partial charge is 0.482 e. The number of halogens is 1. The fourth-order valence-corrected chi connectivity index (χ4v) is 3.20. The van der Waals surface area contributed by atoms with Crippen LogP contribution in [0.5, 0.6) is 5.75 Å². The van der Waals surface area contributed by atoms with Crippen LogP contribution in [0.25, 0.3) is 16.6 Å². The highest BCUT2D eigenvalue weighted by atomic mass is 35.5. The van der Waals surface area contributed by atoms with E-state index < -0.39 is 11.9 Å². The predicted octanol–water partition coefficient (Wildman–Crippen LogP) is 4.32. The second-order valence-corrected chi connectivity index (χ2v) is 6.47. The zero-order valence-corrected chi connectivity index (χ0v) is 16.6. The van der Waals surface area contributed by atoms with E-state index in [0.717, 1.165) is 16.9 Å². The standard InChI is InChI=1S/C21H20ClNO5/c1-4-27-21(25)20-13(2)23(15-7-5-14(22)6-8-15)18-10-9-16(11-17(18)20)28-12-19(24)26-3/h5-11H,4,12H2,1-3H3. The topological polar surface area (TPSA) is 66.8 Å². The van der Waals surface area contributed by atoms with Crippen molar-refractivity contribution in [1.82, 2.24) is 4.57 Å². The van der Waals surface area contributed by atoms with Gasteiger partial charge >= 0.3 is 11.9 Å². The van der Waals surface area contributed by atoms with Crippen molar-refractivity contribution in [2.45, 2.75) is 13.8 Å². The van der Waals surface area contributed by atoms with Gasteiger partial charge in [0.2, 0.25) is 0 Å². The van der Waals surface area contributed by atoms with Crippen LogP contribution in [0, 0.1) is 6.92 Å². The molecule has 7 heteroatoms. The van der Waals surface area contributed by atoms with Gasteiger partial charge in [0.05, 0.1) is 24.8 Å². The summed E-state index contributed by atoms with van der Waals surface area (Å²) in [4.78, 5) is 24.0. The minimum absolute atomic E-state index is 0.215.